The zero-order valence-corrected chi connectivity index (χ0v) is 13.4. The molecule has 118 valence electrons. The summed E-state index contributed by atoms with van der Waals surface area (Å²) < 4.78 is 5.80. The van der Waals surface area contributed by atoms with Crippen LogP contribution in [0.4, 0.5) is 0 Å². The zero-order valence-electron chi connectivity index (χ0n) is 13.4. The van der Waals surface area contributed by atoms with Gasteiger partial charge in [-0.3, -0.25) is 0 Å². The normalized spacial score (nSPS) is 19.2. The van der Waals surface area contributed by atoms with Crippen LogP contribution in [0.2, 0.25) is 0 Å². The van der Waals surface area contributed by atoms with E-state index < -0.39 is 0 Å². The Morgan fingerprint density at radius 3 is 2.48 bits per heavy atom. The molecule has 21 heavy (non-hydrogen) atoms. The summed E-state index contributed by atoms with van der Waals surface area (Å²) >= 11 is 0. The standard InChI is InChI=1S/C18H29NO2/c1-15-6-8-17(9-7-15)21-12-16(2)19-13-18(14-20)10-4-3-5-11-18/h6-9,16,19-20H,3-5,10-14H2,1-2H3. The molecule has 1 aromatic rings. The fourth-order valence-corrected chi connectivity index (χ4v) is 3.00. The van der Waals surface area contributed by atoms with Gasteiger partial charge in [0.1, 0.15) is 12.4 Å². The summed E-state index contributed by atoms with van der Waals surface area (Å²) in [6, 6.07) is 8.44. The van der Waals surface area contributed by atoms with Gasteiger partial charge in [0.05, 0.1) is 0 Å². The molecule has 0 bridgehead atoms. The highest BCUT2D eigenvalue weighted by atomic mass is 16.5. The Labute approximate surface area is 128 Å². The summed E-state index contributed by atoms with van der Waals surface area (Å²) in [6.07, 6.45) is 6.09. The van der Waals surface area contributed by atoms with Crippen molar-refractivity contribution in [3.63, 3.8) is 0 Å². The Balaban J connectivity index is 1.73. The fraction of sp³-hybridized carbons (Fsp3) is 0.667. The Kier molecular flexibility index (Phi) is 6.07. The number of nitrogens with one attached hydrogen (secondary N) is 1. The molecule has 3 nitrogen and oxygen atoms in total. The van der Waals surface area contributed by atoms with Crippen molar-refractivity contribution in [1.29, 1.82) is 0 Å². The van der Waals surface area contributed by atoms with Crippen LogP contribution in [0.15, 0.2) is 24.3 Å². The maximum Gasteiger partial charge on any atom is 0.119 e. The van der Waals surface area contributed by atoms with E-state index in [1.165, 1.54) is 24.8 Å². The van der Waals surface area contributed by atoms with Crippen LogP contribution in [0.5, 0.6) is 5.75 Å². The Morgan fingerprint density at radius 2 is 1.86 bits per heavy atom. The molecule has 0 radical (unpaired) electrons. The molecule has 1 atom stereocenters. The van der Waals surface area contributed by atoms with E-state index in [1.54, 1.807) is 0 Å². The maximum atomic E-state index is 9.72. The molecule has 2 rings (SSSR count). The second-order valence-electron chi connectivity index (χ2n) is 6.62. The molecule has 0 aliphatic heterocycles. The van der Waals surface area contributed by atoms with E-state index in [1.807, 2.05) is 12.1 Å². The van der Waals surface area contributed by atoms with E-state index in [0.29, 0.717) is 13.2 Å². The molecule has 1 fully saturated rings. The Morgan fingerprint density at radius 1 is 1.19 bits per heavy atom. The molecule has 0 aromatic heterocycles. The van der Waals surface area contributed by atoms with Crippen LogP contribution in [0.3, 0.4) is 0 Å². The van der Waals surface area contributed by atoms with Crippen molar-refractivity contribution in [1.82, 2.24) is 5.32 Å². The van der Waals surface area contributed by atoms with Crippen molar-refractivity contribution < 1.29 is 9.84 Å². The van der Waals surface area contributed by atoms with E-state index in [0.717, 1.165) is 25.1 Å². The predicted molar refractivity (Wildman–Crippen MR) is 86.7 cm³/mol. The minimum absolute atomic E-state index is 0.0936. The molecule has 1 saturated carbocycles. The summed E-state index contributed by atoms with van der Waals surface area (Å²) in [6.45, 7) is 6.06. The monoisotopic (exact) mass is 291 g/mol. The van der Waals surface area contributed by atoms with Gasteiger partial charge in [-0.25, -0.2) is 0 Å². The van der Waals surface area contributed by atoms with Crippen LogP contribution in [0, 0.1) is 12.3 Å². The maximum absolute atomic E-state index is 9.72. The van der Waals surface area contributed by atoms with Gasteiger partial charge in [-0.1, -0.05) is 37.0 Å². The highest BCUT2D eigenvalue weighted by molar-refractivity contribution is 5.26. The lowest BCUT2D eigenvalue weighted by Gasteiger charge is -2.36. The first-order valence-electron chi connectivity index (χ1n) is 8.17. The van der Waals surface area contributed by atoms with Crippen molar-refractivity contribution in [2.75, 3.05) is 19.8 Å². The number of hydrogen-bond donors (Lipinski definition) is 2. The lowest BCUT2D eigenvalue weighted by Crippen LogP contribution is -2.44. The second-order valence-corrected chi connectivity index (χ2v) is 6.62. The molecule has 3 heteroatoms. The minimum Gasteiger partial charge on any atom is -0.492 e. The van der Waals surface area contributed by atoms with Gasteiger partial charge in [0, 0.05) is 24.6 Å². The van der Waals surface area contributed by atoms with Gasteiger partial charge < -0.3 is 15.2 Å². The van der Waals surface area contributed by atoms with Crippen LogP contribution in [0.25, 0.3) is 0 Å². The number of aliphatic hydroxyl groups is 1. The summed E-state index contributed by atoms with van der Waals surface area (Å²) in [4.78, 5) is 0. The number of aliphatic hydroxyl groups excluding tert-OH is 1. The van der Waals surface area contributed by atoms with Gasteiger partial charge in [0.25, 0.3) is 0 Å². The van der Waals surface area contributed by atoms with Crippen molar-refractivity contribution in [2.45, 2.75) is 52.0 Å². The molecule has 0 heterocycles. The molecule has 0 saturated heterocycles. The number of aryl methyl sites for hydroxylation is 1. The van der Waals surface area contributed by atoms with E-state index in [-0.39, 0.29) is 11.5 Å². The van der Waals surface area contributed by atoms with Crippen LogP contribution in [0.1, 0.15) is 44.6 Å². The quantitative estimate of drug-likeness (QED) is 0.810. The first-order valence-corrected chi connectivity index (χ1v) is 8.17. The van der Waals surface area contributed by atoms with Crippen LogP contribution in [-0.4, -0.2) is 30.9 Å². The first-order chi connectivity index (χ1) is 10.1. The van der Waals surface area contributed by atoms with Crippen molar-refractivity contribution in [3.05, 3.63) is 29.8 Å². The van der Waals surface area contributed by atoms with Gasteiger partial charge in [-0.2, -0.15) is 0 Å². The summed E-state index contributed by atoms with van der Waals surface area (Å²) in [7, 11) is 0. The van der Waals surface area contributed by atoms with Crippen molar-refractivity contribution in [2.24, 2.45) is 5.41 Å². The minimum atomic E-state index is 0.0936. The molecule has 1 aromatic carbocycles. The zero-order chi connectivity index (χ0) is 15.1. The van der Waals surface area contributed by atoms with Crippen LogP contribution >= 0.6 is 0 Å². The highest BCUT2D eigenvalue weighted by Gasteiger charge is 2.31. The Bertz CT molecular complexity index is 410. The SMILES string of the molecule is Cc1ccc(OCC(C)NCC2(CO)CCCCC2)cc1. The fourth-order valence-electron chi connectivity index (χ4n) is 3.00. The van der Waals surface area contributed by atoms with Crippen LogP contribution < -0.4 is 10.1 Å². The van der Waals surface area contributed by atoms with Gasteiger partial charge in [0.2, 0.25) is 0 Å². The number of ether oxygens (including phenoxy) is 1. The molecular formula is C18H29NO2. The van der Waals surface area contributed by atoms with E-state index in [4.69, 9.17) is 4.74 Å². The van der Waals surface area contributed by atoms with E-state index in [2.05, 4.69) is 31.3 Å². The van der Waals surface area contributed by atoms with E-state index >= 15 is 0 Å². The van der Waals surface area contributed by atoms with Crippen molar-refractivity contribution >= 4 is 0 Å². The lowest BCUT2D eigenvalue weighted by molar-refractivity contribution is 0.0766. The van der Waals surface area contributed by atoms with E-state index in [9.17, 15) is 5.11 Å². The topological polar surface area (TPSA) is 41.5 Å². The molecule has 0 spiro atoms. The molecule has 1 aliphatic carbocycles. The first kappa shape index (κ1) is 16.3. The number of hydrogen-bond acceptors (Lipinski definition) is 3. The lowest BCUT2D eigenvalue weighted by atomic mass is 9.74. The molecule has 0 amide bonds. The third-order valence-electron chi connectivity index (χ3n) is 4.60. The Hall–Kier alpha value is -1.06. The third kappa shape index (κ3) is 5.01. The molecule has 1 unspecified atom stereocenters. The van der Waals surface area contributed by atoms with Gasteiger partial charge in [-0.05, 0) is 38.8 Å². The summed E-state index contributed by atoms with van der Waals surface area (Å²) in [5, 5.41) is 13.3. The highest BCUT2D eigenvalue weighted by Crippen LogP contribution is 2.35. The molecular weight excluding hydrogens is 262 g/mol. The predicted octanol–water partition coefficient (Wildman–Crippen LogP) is 3.29. The van der Waals surface area contributed by atoms with Crippen LogP contribution in [-0.2, 0) is 0 Å². The largest absolute Gasteiger partial charge is 0.492 e. The average molecular weight is 291 g/mol. The molecule has 1 aliphatic rings. The van der Waals surface area contributed by atoms with Crippen molar-refractivity contribution in [3.8, 4) is 5.75 Å². The number of rotatable bonds is 7. The van der Waals surface area contributed by atoms with Gasteiger partial charge in [0.15, 0.2) is 0 Å². The average Bonchev–Trinajstić information content (AvgIpc) is 2.53. The van der Waals surface area contributed by atoms with Gasteiger partial charge in [-0.15, -0.1) is 0 Å². The smallest absolute Gasteiger partial charge is 0.119 e. The molecule has 2 N–H and O–H groups in total. The summed E-state index contributed by atoms with van der Waals surface area (Å²) in [5.74, 6) is 0.920. The number of benzene rings is 1. The summed E-state index contributed by atoms with van der Waals surface area (Å²) in [5.41, 5.74) is 1.34. The second kappa shape index (κ2) is 7.81. The third-order valence-corrected chi connectivity index (χ3v) is 4.60. The van der Waals surface area contributed by atoms with Gasteiger partial charge >= 0.3 is 0 Å².